The summed E-state index contributed by atoms with van der Waals surface area (Å²) in [6.07, 6.45) is 5.68. The Balaban J connectivity index is 1.42. The summed E-state index contributed by atoms with van der Waals surface area (Å²) in [4.78, 5) is 8.51. The maximum absolute atomic E-state index is 15.0. The Morgan fingerprint density at radius 2 is 1.94 bits per heavy atom. The number of benzene rings is 1. The number of piperidine rings is 1. The first-order valence-corrected chi connectivity index (χ1v) is 10.4. The van der Waals surface area contributed by atoms with Gasteiger partial charge in [-0.15, -0.1) is 0 Å². The van der Waals surface area contributed by atoms with E-state index in [2.05, 4.69) is 25.7 Å². The smallest absolute Gasteiger partial charge is 0.292 e. The zero-order valence-electron chi connectivity index (χ0n) is 17.1. The van der Waals surface area contributed by atoms with Gasteiger partial charge >= 0.3 is 0 Å². The van der Waals surface area contributed by atoms with E-state index in [0.29, 0.717) is 48.3 Å². The molecular formula is C23H21F3N6. The summed E-state index contributed by atoms with van der Waals surface area (Å²) in [7, 11) is 0. The normalized spacial score (nSPS) is 15.2. The van der Waals surface area contributed by atoms with Crippen molar-refractivity contribution >= 4 is 22.4 Å². The van der Waals surface area contributed by atoms with Crippen molar-refractivity contribution < 1.29 is 13.2 Å². The molecule has 1 aromatic carbocycles. The fourth-order valence-corrected chi connectivity index (χ4v) is 3.97. The second-order valence-corrected chi connectivity index (χ2v) is 7.85. The number of hydrogen-bond donors (Lipinski definition) is 2. The molecule has 9 heteroatoms. The topological polar surface area (TPSA) is 67.7 Å². The highest BCUT2D eigenvalue weighted by atomic mass is 19.3. The summed E-state index contributed by atoms with van der Waals surface area (Å²) in [5.41, 5.74) is 0.922. The number of hydrogen-bond acceptors (Lipinski definition) is 5. The van der Waals surface area contributed by atoms with Crippen LogP contribution in [-0.4, -0.2) is 32.8 Å². The van der Waals surface area contributed by atoms with Crippen molar-refractivity contribution in [1.29, 1.82) is 0 Å². The lowest BCUT2D eigenvalue weighted by Crippen LogP contribution is -2.37. The van der Waals surface area contributed by atoms with Crippen LogP contribution in [0, 0.1) is 11.7 Å². The predicted molar refractivity (Wildman–Crippen MR) is 116 cm³/mol. The van der Waals surface area contributed by atoms with E-state index in [9.17, 15) is 4.39 Å². The number of rotatable bonds is 5. The molecule has 0 spiro atoms. The van der Waals surface area contributed by atoms with Crippen molar-refractivity contribution in [1.82, 2.24) is 25.1 Å². The van der Waals surface area contributed by atoms with Crippen molar-refractivity contribution in [2.75, 3.05) is 18.4 Å². The highest BCUT2D eigenvalue weighted by Crippen LogP contribution is 2.40. The molecule has 164 valence electrons. The summed E-state index contributed by atoms with van der Waals surface area (Å²) >= 11 is 0. The van der Waals surface area contributed by atoms with E-state index in [4.69, 9.17) is 0 Å². The molecule has 3 aromatic heterocycles. The number of anilines is 2. The maximum Gasteiger partial charge on any atom is 0.292 e. The van der Waals surface area contributed by atoms with Gasteiger partial charge in [-0.2, -0.15) is 13.9 Å². The maximum atomic E-state index is 15.0. The lowest BCUT2D eigenvalue weighted by atomic mass is 9.89. The van der Waals surface area contributed by atoms with Gasteiger partial charge in [-0.25, -0.2) is 19.0 Å². The zero-order valence-corrected chi connectivity index (χ0v) is 17.1. The minimum atomic E-state index is -3.01. The third kappa shape index (κ3) is 3.91. The molecule has 1 saturated heterocycles. The first kappa shape index (κ1) is 20.4. The van der Waals surface area contributed by atoms with Crippen molar-refractivity contribution in [3.05, 3.63) is 72.6 Å². The number of fused-ring (bicyclic) bond motifs is 1. The number of halogens is 3. The van der Waals surface area contributed by atoms with Gasteiger partial charge in [0.05, 0.1) is 16.9 Å². The Labute approximate surface area is 182 Å². The van der Waals surface area contributed by atoms with Gasteiger partial charge in [0.25, 0.3) is 5.92 Å². The van der Waals surface area contributed by atoms with Crippen LogP contribution in [0.5, 0.6) is 0 Å². The quantitative estimate of drug-likeness (QED) is 0.469. The van der Waals surface area contributed by atoms with Crippen LogP contribution in [0.15, 0.2) is 61.1 Å². The summed E-state index contributed by atoms with van der Waals surface area (Å²) in [6, 6.07) is 10.9. The minimum Gasteiger partial charge on any atom is -0.338 e. The monoisotopic (exact) mass is 438 g/mol. The lowest BCUT2D eigenvalue weighted by molar-refractivity contribution is -0.0788. The molecule has 1 aliphatic rings. The Hall–Kier alpha value is -3.46. The molecular weight excluding hydrogens is 417 g/mol. The van der Waals surface area contributed by atoms with Crippen molar-refractivity contribution in [3.63, 3.8) is 0 Å². The molecule has 0 aliphatic carbocycles. The Morgan fingerprint density at radius 3 is 2.69 bits per heavy atom. The molecule has 0 saturated carbocycles. The first-order chi connectivity index (χ1) is 15.5. The first-order valence-electron chi connectivity index (χ1n) is 10.4. The summed E-state index contributed by atoms with van der Waals surface area (Å²) in [6.45, 7) is 1.16. The number of nitrogens with zero attached hydrogens (tertiary/aromatic N) is 4. The van der Waals surface area contributed by atoms with E-state index < -0.39 is 17.7 Å². The van der Waals surface area contributed by atoms with Crippen molar-refractivity contribution in [2.45, 2.75) is 18.8 Å². The number of aromatic nitrogens is 4. The van der Waals surface area contributed by atoms with Crippen LogP contribution in [0.4, 0.5) is 24.7 Å². The third-order valence-electron chi connectivity index (χ3n) is 5.75. The van der Waals surface area contributed by atoms with Crippen molar-refractivity contribution in [3.8, 4) is 5.69 Å². The highest BCUT2D eigenvalue weighted by Gasteiger charge is 2.42. The van der Waals surface area contributed by atoms with Crippen molar-refractivity contribution in [2.24, 2.45) is 5.92 Å². The Kier molecular flexibility index (Phi) is 5.26. The second kappa shape index (κ2) is 8.23. The van der Waals surface area contributed by atoms with Gasteiger partial charge in [-0.3, -0.25) is 0 Å². The molecule has 0 radical (unpaired) electrons. The molecule has 4 aromatic rings. The molecule has 4 heterocycles. The lowest BCUT2D eigenvalue weighted by Gasteiger charge is -2.30. The van der Waals surface area contributed by atoms with E-state index >= 15 is 8.78 Å². The number of nitrogens with one attached hydrogen (secondary N) is 2. The summed E-state index contributed by atoms with van der Waals surface area (Å²) in [5, 5.41) is 10.7. The van der Waals surface area contributed by atoms with E-state index in [-0.39, 0.29) is 11.4 Å². The molecule has 32 heavy (non-hydrogen) atoms. The van der Waals surface area contributed by atoms with Crippen LogP contribution in [-0.2, 0) is 5.92 Å². The van der Waals surface area contributed by atoms with E-state index in [0.717, 1.165) is 0 Å². The predicted octanol–water partition coefficient (Wildman–Crippen LogP) is 4.79. The van der Waals surface area contributed by atoms with Crippen LogP contribution >= 0.6 is 0 Å². The van der Waals surface area contributed by atoms with Crippen LogP contribution in [0.3, 0.4) is 0 Å². The average Bonchev–Trinajstić information content (AvgIpc) is 3.35. The fourth-order valence-electron chi connectivity index (χ4n) is 3.97. The van der Waals surface area contributed by atoms with E-state index in [1.54, 1.807) is 47.4 Å². The third-order valence-corrected chi connectivity index (χ3v) is 5.75. The largest absolute Gasteiger partial charge is 0.338 e. The molecule has 2 N–H and O–H groups in total. The van der Waals surface area contributed by atoms with Crippen LogP contribution < -0.4 is 10.6 Å². The van der Waals surface area contributed by atoms with E-state index in [1.807, 2.05) is 0 Å². The van der Waals surface area contributed by atoms with Gasteiger partial charge in [0.2, 0.25) is 0 Å². The van der Waals surface area contributed by atoms with Gasteiger partial charge in [0, 0.05) is 42.0 Å². The summed E-state index contributed by atoms with van der Waals surface area (Å²) in [5.74, 6) is -3.92. The molecule has 0 amide bonds. The molecule has 0 unspecified atom stereocenters. The average molecular weight is 438 g/mol. The molecule has 5 rings (SSSR count). The minimum absolute atomic E-state index is 0.212. The Bertz CT molecular complexity index is 1240. The SMILES string of the molecule is Fc1cc(-n2cccn2)ccc1Nc1cc2nc(C(F)(F)C3CCNCC3)ccc2cn1. The number of pyridine rings is 2. The van der Waals surface area contributed by atoms with Gasteiger partial charge < -0.3 is 10.6 Å². The Morgan fingerprint density at radius 1 is 1.09 bits per heavy atom. The molecule has 0 atom stereocenters. The standard InChI is InChI=1S/C23H21F3N6/c24-18-12-17(32-11-1-8-29-32)3-4-19(18)31-22-13-20-15(14-28-22)2-5-21(30-20)23(25,26)16-6-9-27-10-7-16/h1-5,8,11-14,16,27H,6-7,9-10H2,(H,28,31). The second-order valence-electron chi connectivity index (χ2n) is 7.85. The molecule has 0 bridgehead atoms. The van der Waals surface area contributed by atoms with Gasteiger partial charge in [-0.1, -0.05) is 0 Å². The molecule has 1 aliphatic heterocycles. The van der Waals surface area contributed by atoms with Gasteiger partial charge in [0.1, 0.15) is 17.3 Å². The van der Waals surface area contributed by atoms with E-state index in [1.165, 1.54) is 18.3 Å². The highest BCUT2D eigenvalue weighted by molar-refractivity contribution is 5.81. The fraction of sp³-hybridized carbons (Fsp3) is 0.261. The zero-order chi connectivity index (χ0) is 22.1. The van der Waals surface area contributed by atoms with Crippen LogP contribution in [0.2, 0.25) is 0 Å². The number of alkyl halides is 2. The van der Waals surface area contributed by atoms with Crippen LogP contribution in [0.1, 0.15) is 18.5 Å². The van der Waals surface area contributed by atoms with Gasteiger partial charge in [0.15, 0.2) is 0 Å². The molecule has 6 nitrogen and oxygen atoms in total. The van der Waals surface area contributed by atoms with Crippen LogP contribution in [0.25, 0.3) is 16.6 Å². The van der Waals surface area contributed by atoms with Gasteiger partial charge in [-0.05, 0) is 56.3 Å². The molecule has 1 fully saturated rings. The summed E-state index contributed by atoms with van der Waals surface area (Å²) < 4.78 is 46.3.